The van der Waals surface area contributed by atoms with Crippen molar-refractivity contribution in [3.63, 3.8) is 0 Å². The summed E-state index contributed by atoms with van der Waals surface area (Å²) < 4.78 is 2.01. The van der Waals surface area contributed by atoms with Crippen molar-refractivity contribution in [1.29, 1.82) is 0 Å². The highest BCUT2D eigenvalue weighted by molar-refractivity contribution is 5.98. The number of hydrogen-bond donors (Lipinski definition) is 0. The minimum absolute atomic E-state index is 0.145. The molecule has 0 spiro atoms. The molecule has 0 fully saturated rings. The number of benzene rings is 1. The van der Waals surface area contributed by atoms with E-state index < -0.39 is 0 Å². The van der Waals surface area contributed by atoms with Crippen LogP contribution in [0.1, 0.15) is 48.2 Å². The summed E-state index contributed by atoms with van der Waals surface area (Å²) in [5.74, 6) is 0.405. The number of ketones is 1. The van der Waals surface area contributed by atoms with Gasteiger partial charge in [0.2, 0.25) is 0 Å². The fourth-order valence-electron chi connectivity index (χ4n) is 2.47. The second-order valence-corrected chi connectivity index (χ2v) is 5.63. The first kappa shape index (κ1) is 16.2. The zero-order valence-corrected chi connectivity index (χ0v) is 13.6. The van der Waals surface area contributed by atoms with E-state index >= 15 is 0 Å². The van der Waals surface area contributed by atoms with Crippen LogP contribution in [0.2, 0.25) is 0 Å². The average molecular weight is 294 g/mol. The summed E-state index contributed by atoms with van der Waals surface area (Å²) in [6.07, 6.45) is 10.0. The van der Waals surface area contributed by atoms with Gasteiger partial charge in [-0.25, -0.2) is 4.57 Å². The normalized spacial score (nSPS) is 11.3. The first-order chi connectivity index (χ1) is 10.6. The number of Topliss-reactive ketones (excluding diaryl/α,β-unsaturated/α-hetero) is 1. The Labute approximate surface area is 133 Å². The van der Waals surface area contributed by atoms with Gasteiger partial charge < -0.3 is 0 Å². The highest BCUT2D eigenvalue weighted by Gasteiger charge is 2.15. The molecule has 0 atom stereocenters. The lowest BCUT2D eigenvalue weighted by atomic mass is 9.92. The van der Waals surface area contributed by atoms with Crippen LogP contribution in [-0.2, 0) is 7.05 Å². The van der Waals surface area contributed by atoms with Crippen molar-refractivity contribution in [2.45, 2.75) is 26.7 Å². The third-order valence-corrected chi connectivity index (χ3v) is 4.02. The summed E-state index contributed by atoms with van der Waals surface area (Å²) in [6.45, 7) is 4.14. The minimum atomic E-state index is 0.145. The fraction of sp³-hybridized carbons (Fsp3) is 0.300. The molecule has 114 valence electrons. The molecule has 2 aromatic rings. The highest BCUT2D eigenvalue weighted by atomic mass is 16.1. The van der Waals surface area contributed by atoms with E-state index in [4.69, 9.17) is 0 Å². The van der Waals surface area contributed by atoms with Crippen LogP contribution in [0.5, 0.6) is 0 Å². The topological polar surface area (TPSA) is 20.9 Å². The number of pyridine rings is 1. The van der Waals surface area contributed by atoms with Gasteiger partial charge in [-0.3, -0.25) is 4.79 Å². The molecule has 0 unspecified atom stereocenters. The second-order valence-electron chi connectivity index (χ2n) is 5.63. The molecular formula is C20H24NO+. The molecule has 2 nitrogen and oxygen atoms in total. The van der Waals surface area contributed by atoms with E-state index in [0.717, 1.165) is 29.5 Å². The first-order valence-electron chi connectivity index (χ1n) is 7.91. The molecule has 0 aliphatic rings. The van der Waals surface area contributed by atoms with Gasteiger partial charge >= 0.3 is 0 Å². The van der Waals surface area contributed by atoms with Crippen molar-refractivity contribution in [2.24, 2.45) is 13.0 Å². The molecular weight excluding hydrogens is 270 g/mol. The Kier molecular flexibility index (Phi) is 5.65. The molecule has 0 bridgehead atoms. The highest BCUT2D eigenvalue weighted by Crippen LogP contribution is 2.17. The maximum absolute atomic E-state index is 12.3. The van der Waals surface area contributed by atoms with Gasteiger partial charge in [0.05, 0.1) is 0 Å². The van der Waals surface area contributed by atoms with E-state index in [9.17, 15) is 4.79 Å². The van der Waals surface area contributed by atoms with Gasteiger partial charge in [-0.05, 0) is 24.0 Å². The summed E-state index contributed by atoms with van der Waals surface area (Å²) in [5, 5.41) is 0. The molecule has 0 saturated carbocycles. The number of carbonyl (C=O) groups excluding carboxylic acids is 1. The van der Waals surface area contributed by atoms with E-state index in [1.54, 1.807) is 0 Å². The van der Waals surface area contributed by atoms with Crippen molar-refractivity contribution < 1.29 is 9.36 Å². The molecule has 1 heterocycles. The monoisotopic (exact) mass is 294 g/mol. The van der Waals surface area contributed by atoms with E-state index in [2.05, 4.69) is 38.1 Å². The summed E-state index contributed by atoms with van der Waals surface area (Å²) in [4.78, 5) is 12.3. The van der Waals surface area contributed by atoms with Gasteiger partial charge in [-0.1, -0.05) is 50.3 Å². The Balaban J connectivity index is 2.08. The SMILES string of the molecule is CCC(CC)C(=O)c1ccc(C=Cc2cc[n+](C)cc2)cc1. The fourth-order valence-corrected chi connectivity index (χ4v) is 2.47. The Hall–Kier alpha value is -2.22. The number of aromatic nitrogens is 1. The number of rotatable bonds is 6. The molecule has 22 heavy (non-hydrogen) atoms. The smallest absolute Gasteiger partial charge is 0.169 e. The maximum atomic E-state index is 12.3. The second kappa shape index (κ2) is 7.69. The van der Waals surface area contributed by atoms with Gasteiger partial charge in [0, 0.05) is 23.6 Å². The number of carbonyl (C=O) groups is 1. The maximum Gasteiger partial charge on any atom is 0.169 e. The van der Waals surface area contributed by atoms with Gasteiger partial charge in [-0.2, -0.15) is 0 Å². The first-order valence-corrected chi connectivity index (χ1v) is 7.91. The third kappa shape index (κ3) is 4.14. The zero-order chi connectivity index (χ0) is 15.9. The molecule has 0 aliphatic heterocycles. The molecule has 0 aliphatic carbocycles. The summed E-state index contributed by atoms with van der Waals surface area (Å²) in [5.41, 5.74) is 3.09. The van der Waals surface area contributed by atoms with E-state index in [1.807, 2.05) is 48.3 Å². The predicted octanol–water partition coefficient (Wildman–Crippen LogP) is 4.30. The number of hydrogen-bond acceptors (Lipinski definition) is 1. The molecule has 1 aromatic carbocycles. The van der Waals surface area contributed by atoms with Crippen molar-refractivity contribution in [3.8, 4) is 0 Å². The predicted molar refractivity (Wildman–Crippen MR) is 91.4 cm³/mol. The van der Waals surface area contributed by atoms with Crippen molar-refractivity contribution in [3.05, 3.63) is 65.5 Å². The quantitative estimate of drug-likeness (QED) is 0.575. The van der Waals surface area contributed by atoms with Crippen LogP contribution in [0.15, 0.2) is 48.8 Å². The van der Waals surface area contributed by atoms with Gasteiger partial charge in [0.25, 0.3) is 0 Å². The van der Waals surface area contributed by atoms with Crippen molar-refractivity contribution in [2.75, 3.05) is 0 Å². The summed E-state index contributed by atoms with van der Waals surface area (Å²) in [6, 6.07) is 12.0. The average Bonchev–Trinajstić information content (AvgIpc) is 2.56. The summed E-state index contributed by atoms with van der Waals surface area (Å²) >= 11 is 0. The molecule has 2 rings (SSSR count). The van der Waals surface area contributed by atoms with Crippen LogP contribution in [0.3, 0.4) is 0 Å². The molecule has 0 N–H and O–H groups in total. The van der Waals surface area contributed by atoms with Crippen LogP contribution in [-0.4, -0.2) is 5.78 Å². The van der Waals surface area contributed by atoms with E-state index in [1.165, 1.54) is 0 Å². The van der Waals surface area contributed by atoms with Gasteiger partial charge in [0.1, 0.15) is 7.05 Å². The molecule has 0 amide bonds. The Bertz CT molecular complexity index is 634. The Morgan fingerprint density at radius 1 is 0.955 bits per heavy atom. The number of aryl methyl sites for hydroxylation is 1. The van der Waals surface area contributed by atoms with E-state index in [0.29, 0.717) is 0 Å². The van der Waals surface area contributed by atoms with Crippen LogP contribution in [0.25, 0.3) is 12.2 Å². The molecule has 2 heteroatoms. The van der Waals surface area contributed by atoms with E-state index in [-0.39, 0.29) is 11.7 Å². The molecule has 0 radical (unpaired) electrons. The molecule has 0 saturated heterocycles. The molecule has 1 aromatic heterocycles. The zero-order valence-electron chi connectivity index (χ0n) is 13.6. The lowest BCUT2D eigenvalue weighted by Gasteiger charge is -2.10. The van der Waals surface area contributed by atoms with Gasteiger partial charge in [-0.15, -0.1) is 0 Å². The van der Waals surface area contributed by atoms with Crippen LogP contribution < -0.4 is 4.57 Å². The van der Waals surface area contributed by atoms with Crippen LogP contribution >= 0.6 is 0 Å². The standard InChI is InChI=1S/C20H24NO/c1-4-18(5-2)20(22)19-10-8-16(9-11-19)6-7-17-12-14-21(3)15-13-17/h6-15,18H,4-5H2,1-3H3/q+1. The van der Waals surface area contributed by atoms with Crippen LogP contribution in [0.4, 0.5) is 0 Å². The lowest BCUT2D eigenvalue weighted by Crippen LogP contribution is -2.25. The van der Waals surface area contributed by atoms with Crippen molar-refractivity contribution >= 4 is 17.9 Å². The Morgan fingerprint density at radius 3 is 1.95 bits per heavy atom. The summed E-state index contributed by atoms with van der Waals surface area (Å²) in [7, 11) is 2.00. The van der Waals surface area contributed by atoms with Gasteiger partial charge in [0.15, 0.2) is 18.2 Å². The lowest BCUT2D eigenvalue weighted by molar-refractivity contribution is -0.671. The van der Waals surface area contributed by atoms with Crippen LogP contribution in [0, 0.1) is 5.92 Å². The number of nitrogens with zero attached hydrogens (tertiary/aromatic N) is 1. The Morgan fingerprint density at radius 2 is 1.45 bits per heavy atom. The largest absolute Gasteiger partial charge is 0.294 e. The minimum Gasteiger partial charge on any atom is -0.294 e. The van der Waals surface area contributed by atoms with Crippen molar-refractivity contribution in [1.82, 2.24) is 0 Å². The third-order valence-electron chi connectivity index (χ3n) is 4.02.